The van der Waals surface area contributed by atoms with Gasteiger partial charge in [0.2, 0.25) is 0 Å². The molecule has 5 aromatic rings. The number of anilines is 1. The predicted molar refractivity (Wildman–Crippen MR) is 243 cm³/mol. The fourth-order valence-electron chi connectivity index (χ4n) is 7.62. The fraction of sp³-hybridized carbons (Fsp3) is 0.383. The van der Waals surface area contributed by atoms with Crippen molar-refractivity contribution in [3.8, 4) is 11.5 Å². The molecule has 4 aromatic carbocycles. The highest BCUT2D eigenvalue weighted by Gasteiger charge is 2.52. The van der Waals surface area contributed by atoms with E-state index in [1.165, 1.54) is 11.5 Å². The molecule has 2 unspecified atom stereocenters. The zero-order valence-corrected chi connectivity index (χ0v) is 37.7. The Morgan fingerprint density at radius 2 is 1.45 bits per heavy atom. The number of rotatable bonds is 20. The zero-order valence-electron chi connectivity index (χ0n) is 36.0. The molecule has 62 heavy (non-hydrogen) atoms. The van der Waals surface area contributed by atoms with E-state index >= 15 is 0 Å². The van der Waals surface area contributed by atoms with Crippen molar-refractivity contribution in [1.82, 2.24) is 14.6 Å². The number of benzene rings is 4. The van der Waals surface area contributed by atoms with Gasteiger partial charge in [-0.2, -0.15) is 4.98 Å². The minimum Gasteiger partial charge on any atom is -0.497 e. The Labute approximate surface area is 367 Å². The number of hydrogen-bond acceptors (Lipinski definition) is 12. The lowest BCUT2D eigenvalue weighted by Gasteiger charge is -2.37. The summed E-state index contributed by atoms with van der Waals surface area (Å²) in [6.07, 6.45) is 0.976. The Balaban J connectivity index is 1.24. The van der Waals surface area contributed by atoms with Crippen LogP contribution in [0.25, 0.3) is 0 Å². The van der Waals surface area contributed by atoms with Crippen molar-refractivity contribution in [2.24, 2.45) is 11.3 Å². The summed E-state index contributed by atoms with van der Waals surface area (Å²) >= 11 is 1.12. The average Bonchev–Trinajstić information content (AvgIpc) is 3.52. The van der Waals surface area contributed by atoms with Crippen LogP contribution in [0, 0.1) is 11.3 Å². The second-order valence-corrected chi connectivity index (χ2v) is 19.1. The highest BCUT2D eigenvalue weighted by molar-refractivity contribution is 8.13. The lowest BCUT2D eigenvalue weighted by atomic mass is 9.77. The number of aliphatic hydroxyl groups is 2. The quantitative estimate of drug-likeness (QED) is 0.0338. The lowest BCUT2D eigenvalue weighted by molar-refractivity contribution is -0.118. The molecular formula is C47H57N4O9PS. The van der Waals surface area contributed by atoms with Crippen molar-refractivity contribution in [2.75, 3.05) is 38.5 Å². The topological polar surface area (TPSA) is 170 Å². The van der Waals surface area contributed by atoms with Crippen LogP contribution < -0.4 is 25.6 Å². The molecule has 1 fully saturated rings. The first-order valence-corrected chi connectivity index (χ1v) is 23.2. The number of nitrogens with zero attached hydrogens (tertiary/aromatic N) is 2. The van der Waals surface area contributed by atoms with Crippen molar-refractivity contribution in [2.45, 2.75) is 70.4 Å². The van der Waals surface area contributed by atoms with E-state index in [1.54, 1.807) is 26.5 Å². The Morgan fingerprint density at radius 3 is 2.00 bits per heavy atom. The molecule has 0 amide bonds. The van der Waals surface area contributed by atoms with Gasteiger partial charge in [-0.3, -0.25) is 18.4 Å². The zero-order chi connectivity index (χ0) is 44.5. The molecule has 1 heterocycles. The number of aliphatic hydroxyl groups excluding tert-OH is 1. The summed E-state index contributed by atoms with van der Waals surface area (Å²) in [5.74, 6) is 1.14. The molecule has 0 saturated heterocycles. The number of ether oxygens (including phenoxy) is 2. The summed E-state index contributed by atoms with van der Waals surface area (Å²) in [6.45, 7) is 7.06. The molecule has 4 N–H and O–H groups in total. The Hall–Kier alpha value is -4.79. The monoisotopic (exact) mass is 884 g/mol. The van der Waals surface area contributed by atoms with Crippen LogP contribution in [-0.4, -0.2) is 69.8 Å². The number of methoxy groups -OCH3 is 2. The van der Waals surface area contributed by atoms with Gasteiger partial charge in [0, 0.05) is 29.8 Å². The molecule has 1 aliphatic rings. The minimum absolute atomic E-state index is 0.0116. The van der Waals surface area contributed by atoms with Crippen LogP contribution >= 0.6 is 19.5 Å². The van der Waals surface area contributed by atoms with Crippen LogP contribution in [0.1, 0.15) is 68.8 Å². The largest absolute Gasteiger partial charge is 0.497 e. The van der Waals surface area contributed by atoms with E-state index in [-0.39, 0.29) is 42.9 Å². The summed E-state index contributed by atoms with van der Waals surface area (Å²) in [5, 5.41) is 29.8. The molecule has 15 heteroatoms. The number of aromatic nitrogens is 2. The van der Waals surface area contributed by atoms with E-state index in [2.05, 4.69) is 15.4 Å². The van der Waals surface area contributed by atoms with Crippen LogP contribution in [0.4, 0.5) is 5.82 Å². The number of carbonyl (C=O) groups excluding carboxylic acids is 1. The Kier molecular flexibility index (Phi) is 15.2. The molecule has 13 nitrogen and oxygen atoms in total. The number of carbonyl (C=O) groups is 1. The number of hydrogen-bond donors (Lipinski definition) is 4. The minimum atomic E-state index is -4.00. The summed E-state index contributed by atoms with van der Waals surface area (Å²) < 4.78 is 38.2. The molecular weight excluding hydrogens is 828 g/mol. The molecule has 330 valence electrons. The molecule has 0 spiro atoms. The average molecular weight is 885 g/mol. The van der Waals surface area contributed by atoms with Gasteiger partial charge in [0.1, 0.15) is 28.5 Å². The Bertz CT molecular complexity index is 2300. The summed E-state index contributed by atoms with van der Waals surface area (Å²) in [6, 6.07) is 35.2. The van der Waals surface area contributed by atoms with Crippen LogP contribution in [-0.2, 0) is 30.5 Å². The summed E-state index contributed by atoms with van der Waals surface area (Å²) in [7, 11) is -0.785. The smallest absolute Gasteiger partial charge is 0.405 e. The van der Waals surface area contributed by atoms with Crippen LogP contribution in [0.3, 0.4) is 0 Å². The lowest BCUT2D eigenvalue weighted by Crippen LogP contribution is -2.45. The maximum atomic E-state index is 14.2. The highest BCUT2D eigenvalue weighted by atomic mass is 32.2. The van der Waals surface area contributed by atoms with Crippen LogP contribution in [0.15, 0.2) is 126 Å². The van der Waals surface area contributed by atoms with Crippen LogP contribution in [0.5, 0.6) is 11.5 Å². The van der Waals surface area contributed by atoms with Gasteiger partial charge in [-0.05, 0) is 72.4 Å². The molecule has 1 aliphatic carbocycles. The van der Waals surface area contributed by atoms with E-state index in [0.29, 0.717) is 17.9 Å². The highest BCUT2D eigenvalue weighted by Crippen LogP contribution is 2.49. The molecule has 0 radical (unpaired) electrons. The molecule has 0 bridgehead atoms. The van der Waals surface area contributed by atoms with Crippen molar-refractivity contribution in [1.29, 1.82) is 0 Å². The molecule has 5 atom stereocenters. The predicted octanol–water partition coefficient (Wildman–Crippen LogP) is 7.96. The first kappa shape index (κ1) is 46.7. The Morgan fingerprint density at radius 1 is 0.887 bits per heavy atom. The number of thioether (sulfide) groups is 1. The van der Waals surface area contributed by atoms with E-state index in [0.717, 1.165) is 34.0 Å². The van der Waals surface area contributed by atoms with E-state index in [1.807, 2.05) is 130 Å². The van der Waals surface area contributed by atoms with Crippen molar-refractivity contribution in [3.05, 3.63) is 154 Å². The molecule has 6 rings (SSSR count). The van der Waals surface area contributed by atoms with Crippen LogP contribution in [0.2, 0.25) is 0 Å². The number of nitrogens with one attached hydrogen (secondary N) is 2. The first-order chi connectivity index (χ1) is 29.7. The van der Waals surface area contributed by atoms with Gasteiger partial charge in [-0.15, -0.1) is 0 Å². The second kappa shape index (κ2) is 20.2. The van der Waals surface area contributed by atoms with Gasteiger partial charge < -0.3 is 25.0 Å². The van der Waals surface area contributed by atoms with Gasteiger partial charge in [0.15, 0.2) is 5.12 Å². The molecule has 0 aliphatic heterocycles. The third kappa shape index (κ3) is 10.5. The van der Waals surface area contributed by atoms with Crippen molar-refractivity contribution < 1.29 is 38.1 Å². The maximum Gasteiger partial charge on any atom is 0.405 e. The van der Waals surface area contributed by atoms with Gasteiger partial charge in [-0.25, -0.2) is 14.4 Å². The first-order valence-electron chi connectivity index (χ1n) is 20.6. The van der Waals surface area contributed by atoms with Gasteiger partial charge >= 0.3 is 13.4 Å². The SMILES string of the molecule is CCC(C)(C)C(=O)SCCOP(=O)(NCc1ccccc1)OC[C@H]1C[C@@H](n2ccc(NC(c3ccccc3)(c3ccc(OC)cc3)c3ccc(OC)cc3)nc2=O)[C@@](C)(O)C1O. The van der Waals surface area contributed by atoms with E-state index < -0.39 is 48.1 Å². The van der Waals surface area contributed by atoms with Crippen molar-refractivity contribution >= 4 is 30.4 Å². The molecule has 1 saturated carbocycles. The van der Waals surface area contributed by atoms with Gasteiger partial charge in [0.25, 0.3) is 0 Å². The van der Waals surface area contributed by atoms with E-state index in [9.17, 15) is 24.4 Å². The second-order valence-electron chi connectivity index (χ2n) is 16.2. The van der Waals surface area contributed by atoms with Crippen molar-refractivity contribution in [3.63, 3.8) is 0 Å². The van der Waals surface area contributed by atoms with Gasteiger partial charge in [0.05, 0.1) is 39.6 Å². The summed E-state index contributed by atoms with van der Waals surface area (Å²) in [4.78, 5) is 31.3. The molecule has 1 aromatic heterocycles. The van der Waals surface area contributed by atoms with Gasteiger partial charge in [-0.1, -0.05) is 117 Å². The van der Waals surface area contributed by atoms with E-state index in [4.69, 9.17) is 18.5 Å². The normalized spacial score (nSPS) is 20.0. The summed E-state index contributed by atoms with van der Waals surface area (Å²) in [5.41, 5.74) is -0.589. The third-order valence-corrected chi connectivity index (χ3v) is 14.5. The maximum absolute atomic E-state index is 14.2. The standard InChI is InChI=1S/C47H57N4O9PS/c1-7-45(2,3)43(53)62-29-28-59-61(56,48-31-33-14-10-8-11-15-33)60-32-34-30-40(46(4,55)42(34)52)51-27-26-41(49-44(51)54)50-47(35-16-12-9-13-17-35,36-18-22-38(57-5)23-19-36)37-20-24-39(58-6)25-21-37/h8-27,34,40,42,52,55H,7,28-32H2,1-6H3,(H,48,56)(H,49,50,54)/t34-,40-,42?,46-,61?/m1/s1. The third-order valence-electron chi connectivity index (χ3n) is 11.8. The fourth-order valence-corrected chi connectivity index (χ4v) is 9.98.